The number of halogens is 1. The van der Waals surface area contributed by atoms with Crippen molar-refractivity contribution in [1.29, 1.82) is 0 Å². The molecule has 0 aliphatic heterocycles. The maximum atomic E-state index is 14.2. The molecule has 3 atom stereocenters. The summed E-state index contributed by atoms with van der Waals surface area (Å²) in [6.07, 6.45) is -3.67. The van der Waals surface area contributed by atoms with E-state index in [1.807, 2.05) is 66.9 Å². The molecule has 16 heteroatoms. The molecule has 55 heavy (non-hydrogen) atoms. The number of rotatable bonds is 22. The molecule has 4 rings (SSSR count). The van der Waals surface area contributed by atoms with E-state index in [1.54, 1.807) is 24.3 Å². The van der Waals surface area contributed by atoms with Crippen LogP contribution in [0.2, 0.25) is 0 Å². The summed E-state index contributed by atoms with van der Waals surface area (Å²) in [6.45, 7) is 3.39. The Hall–Kier alpha value is -5.87. The third kappa shape index (κ3) is 12.6. The van der Waals surface area contributed by atoms with Crippen molar-refractivity contribution in [2.24, 2.45) is 0 Å². The molecule has 3 aromatic carbocycles. The Labute approximate surface area is 316 Å². The van der Waals surface area contributed by atoms with E-state index in [1.165, 1.54) is 12.1 Å². The van der Waals surface area contributed by atoms with E-state index in [0.29, 0.717) is 33.8 Å². The molecule has 294 valence electrons. The van der Waals surface area contributed by atoms with Crippen molar-refractivity contribution in [3.8, 4) is 22.4 Å². The van der Waals surface area contributed by atoms with Crippen molar-refractivity contribution < 1.29 is 48.8 Å². The molecule has 0 spiro atoms. The Bertz CT molecular complexity index is 1870. The molecule has 0 aliphatic rings. The first-order valence-electron chi connectivity index (χ1n) is 17.9. The number of para-hydroxylation sites is 1. The van der Waals surface area contributed by atoms with Gasteiger partial charge in [-0.3, -0.25) is 9.59 Å². The zero-order valence-corrected chi connectivity index (χ0v) is 30.5. The van der Waals surface area contributed by atoms with Crippen molar-refractivity contribution in [3.63, 3.8) is 0 Å². The number of aliphatic hydroxyl groups excluding tert-OH is 2. The maximum absolute atomic E-state index is 14.2. The highest BCUT2D eigenvalue weighted by Gasteiger charge is 2.31. The number of benzene rings is 3. The molecular formula is C39H45FN4O11. The molecule has 15 nitrogen and oxygen atoms in total. The summed E-state index contributed by atoms with van der Waals surface area (Å²) in [5, 5.41) is 44.0. The van der Waals surface area contributed by atoms with Gasteiger partial charge in [-0.1, -0.05) is 62.4 Å². The van der Waals surface area contributed by atoms with Gasteiger partial charge in [-0.05, 0) is 85.5 Å². The van der Waals surface area contributed by atoms with Crippen molar-refractivity contribution in [2.75, 3.05) is 18.5 Å². The number of esters is 1. The molecule has 1 unspecified atom stereocenters. The standard InChI is InChI=1S/C39H45FN4O11/c1-26(2)37-36(39(48)41-30-13-7-4-8-14-30)35(27-11-5-3-6-12-27)38(28-16-18-29(40)19-17-28)42(37)21-20-31(45)23-32(46)24-34(47)53-25-33(55-44(51)52)15-9-10-22-54-43(49)50/h3-8,11-14,16-19,26,31-33,45-46H,9-10,15,20-25H2,1-2H3,(H,41,48)/t31-,32-,33?/m1/s1. The molecule has 0 aliphatic carbocycles. The normalized spacial score (nSPS) is 12.8. The van der Waals surface area contributed by atoms with Crippen LogP contribution in [-0.4, -0.2) is 68.4 Å². The summed E-state index contributed by atoms with van der Waals surface area (Å²) >= 11 is 0. The number of aromatic nitrogens is 1. The molecule has 1 heterocycles. The maximum Gasteiger partial charge on any atom is 0.308 e. The third-order valence-electron chi connectivity index (χ3n) is 8.70. The predicted octanol–water partition coefficient (Wildman–Crippen LogP) is 6.73. The summed E-state index contributed by atoms with van der Waals surface area (Å²) in [6, 6.07) is 24.3. The Morgan fingerprint density at radius 2 is 1.51 bits per heavy atom. The topological polar surface area (TPSA) is 206 Å². The van der Waals surface area contributed by atoms with Crippen molar-refractivity contribution >= 4 is 17.6 Å². The van der Waals surface area contributed by atoms with Gasteiger partial charge in [0, 0.05) is 23.5 Å². The fraction of sp³-hybridized carbons (Fsp3) is 0.385. The van der Waals surface area contributed by atoms with Crippen LogP contribution >= 0.6 is 0 Å². The van der Waals surface area contributed by atoms with Gasteiger partial charge >= 0.3 is 5.97 Å². The Balaban J connectivity index is 1.53. The number of hydrogen-bond acceptors (Lipinski definition) is 11. The highest BCUT2D eigenvalue weighted by atomic mass is 19.1. The summed E-state index contributed by atoms with van der Waals surface area (Å²) in [4.78, 5) is 56.7. The Morgan fingerprint density at radius 3 is 2.13 bits per heavy atom. The Morgan fingerprint density at radius 1 is 0.855 bits per heavy atom. The van der Waals surface area contributed by atoms with Crippen molar-refractivity contribution in [1.82, 2.24) is 4.57 Å². The second-order valence-corrected chi connectivity index (χ2v) is 13.2. The zero-order valence-electron chi connectivity index (χ0n) is 30.5. The minimum atomic E-state index is -1.32. The lowest BCUT2D eigenvalue weighted by atomic mass is 9.94. The van der Waals surface area contributed by atoms with E-state index < -0.39 is 53.3 Å². The number of unbranched alkanes of at least 4 members (excludes halogenated alkanes) is 1. The molecule has 0 bridgehead atoms. The molecule has 0 saturated heterocycles. The Kier molecular flexibility index (Phi) is 15.6. The molecule has 0 saturated carbocycles. The number of carbonyl (C=O) groups excluding carboxylic acids is 2. The fourth-order valence-electron chi connectivity index (χ4n) is 6.34. The quantitative estimate of drug-likeness (QED) is 0.0331. The number of anilines is 1. The first-order valence-corrected chi connectivity index (χ1v) is 17.9. The van der Waals surface area contributed by atoms with Gasteiger partial charge < -0.3 is 34.5 Å². The molecule has 3 N–H and O–H groups in total. The highest BCUT2D eigenvalue weighted by molar-refractivity contribution is 6.12. The smallest absolute Gasteiger partial charge is 0.308 e. The van der Waals surface area contributed by atoms with Crippen LogP contribution in [0.3, 0.4) is 0 Å². The van der Waals surface area contributed by atoms with Crippen LogP contribution in [0.15, 0.2) is 84.9 Å². The van der Waals surface area contributed by atoms with Crippen LogP contribution in [0.25, 0.3) is 22.4 Å². The second kappa shape index (κ2) is 20.5. The molecule has 1 aromatic heterocycles. The van der Waals surface area contributed by atoms with Gasteiger partial charge in [-0.15, -0.1) is 20.2 Å². The largest absolute Gasteiger partial charge is 0.463 e. The van der Waals surface area contributed by atoms with Gasteiger partial charge in [0.25, 0.3) is 16.1 Å². The van der Waals surface area contributed by atoms with Gasteiger partial charge in [0.2, 0.25) is 0 Å². The lowest BCUT2D eigenvalue weighted by Crippen LogP contribution is -2.27. The minimum Gasteiger partial charge on any atom is -0.463 e. The van der Waals surface area contributed by atoms with E-state index in [2.05, 4.69) is 15.0 Å². The lowest BCUT2D eigenvalue weighted by molar-refractivity contribution is -0.769. The number of aliphatic hydroxyl groups is 2. The van der Waals surface area contributed by atoms with Crippen LogP contribution in [-0.2, 0) is 25.8 Å². The van der Waals surface area contributed by atoms with Crippen LogP contribution in [0, 0.1) is 26.0 Å². The number of nitrogens with zero attached hydrogens (tertiary/aromatic N) is 3. The first-order chi connectivity index (χ1) is 26.3. The van der Waals surface area contributed by atoms with E-state index in [9.17, 15) is 44.4 Å². The van der Waals surface area contributed by atoms with Crippen molar-refractivity contribution in [3.05, 3.63) is 122 Å². The number of nitrogens with one attached hydrogen (secondary N) is 1. The summed E-state index contributed by atoms with van der Waals surface area (Å²) in [7, 11) is 0. The average Bonchev–Trinajstić information content (AvgIpc) is 3.49. The van der Waals surface area contributed by atoms with Crippen LogP contribution in [0.1, 0.15) is 74.3 Å². The molecule has 1 amide bonds. The number of amides is 1. The minimum absolute atomic E-state index is 0.0515. The van der Waals surface area contributed by atoms with Gasteiger partial charge in [0.15, 0.2) is 0 Å². The summed E-state index contributed by atoms with van der Waals surface area (Å²) < 4.78 is 21.2. The van der Waals surface area contributed by atoms with Gasteiger partial charge in [-0.25, -0.2) is 4.39 Å². The van der Waals surface area contributed by atoms with E-state index in [-0.39, 0.29) is 57.1 Å². The third-order valence-corrected chi connectivity index (χ3v) is 8.70. The number of ether oxygens (including phenoxy) is 1. The molecular weight excluding hydrogens is 719 g/mol. The monoisotopic (exact) mass is 764 g/mol. The highest BCUT2D eigenvalue weighted by Crippen LogP contribution is 2.42. The second-order valence-electron chi connectivity index (χ2n) is 13.2. The van der Waals surface area contributed by atoms with Crippen LogP contribution < -0.4 is 5.32 Å². The average molecular weight is 765 g/mol. The number of hydrogen-bond donors (Lipinski definition) is 3. The van der Waals surface area contributed by atoms with Gasteiger partial charge in [0.05, 0.1) is 36.5 Å². The molecule has 0 radical (unpaired) electrons. The van der Waals surface area contributed by atoms with Crippen LogP contribution in [0.4, 0.5) is 10.1 Å². The van der Waals surface area contributed by atoms with E-state index in [0.717, 1.165) is 5.56 Å². The summed E-state index contributed by atoms with van der Waals surface area (Å²) in [5.74, 6) is -1.84. The SMILES string of the molecule is CC(C)c1c(C(=O)Nc2ccccc2)c(-c2ccccc2)c(-c2ccc(F)cc2)n1CC[C@@H](O)C[C@@H](O)CC(=O)OCC(CCCCO[N+](=O)[O-])O[N+](=O)[O-]. The van der Waals surface area contributed by atoms with Gasteiger partial charge in [0.1, 0.15) is 18.5 Å². The fourth-order valence-corrected chi connectivity index (χ4v) is 6.34. The first kappa shape index (κ1) is 41.9. The number of carbonyl (C=O) groups is 2. The predicted molar refractivity (Wildman–Crippen MR) is 199 cm³/mol. The molecule has 4 aromatic rings. The van der Waals surface area contributed by atoms with Crippen molar-refractivity contribution in [2.45, 2.75) is 83.1 Å². The summed E-state index contributed by atoms with van der Waals surface area (Å²) in [5.41, 5.74) is 4.37. The van der Waals surface area contributed by atoms with Crippen LogP contribution in [0.5, 0.6) is 0 Å². The van der Waals surface area contributed by atoms with E-state index in [4.69, 9.17) is 4.74 Å². The molecule has 0 fully saturated rings. The lowest BCUT2D eigenvalue weighted by Gasteiger charge is -2.20. The van der Waals surface area contributed by atoms with Gasteiger partial charge in [-0.2, -0.15) is 0 Å². The zero-order chi connectivity index (χ0) is 39.9. The van der Waals surface area contributed by atoms with E-state index >= 15 is 0 Å².